The highest BCUT2D eigenvalue weighted by atomic mass is 16.5. The van der Waals surface area contributed by atoms with Crippen LogP contribution in [0.15, 0.2) is 12.3 Å². The lowest BCUT2D eigenvalue weighted by atomic mass is 10.1. The molecule has 0 saturated carbocycles. The van der Waals surface area contributed by atoms with Crippen LogP contribution in [0.1, 0.15) is 38.4 Å². The zero-order valence-corrected chi connectivity index (χ0v) is 10.9. The highest BCUT2D eigenvalue weighted by Gasteiger charge is 2.20. The molecule has 94 valence electrons. The van der Waals surface area contributed by atoms with Gasteiger partial charge < -0.3 is 9.64 Å². The molecule has 1 saturated heterocycles. The molecule has 0 aliphatic carbocycles. The predicted molar refractivity (Wildman–Crippen MR) is 68.4 cm³/mol. The number of rotatable bonds is 3. The zero-order chi connectivity index (χ0) is 12.3. The van der Waals surface area contributed by atoms with Gasteiger partial charge in [0.05, 0.1) is 6.10 Å². The van der Waals surface area contributed by atoms with E-state index in [0.717, 1.165) is 31.2 Å². The van der Waals surface area contributed by atoms with E-state index in [0.29, 0.717) is 12.0 Å². The van der Waals surface area contributed by atoms with Gasteiger partial charge in [0, 0.05) is 32.3 Å². The summed E-state index contributed by atoms with van der Waals surface area (Å²) in [6, 6.07) is 1.99. The fourth-order valence-corrected chi connectivity index (χ4v) is 2.16. The van der Waals surface area contributed by atoms with Crippen molar-refractivity contribution < 1.29 is 4.74 Å². The molecule has 4 nitrogen and oxygen atoms in total. The molecule has 2 heterocycles. The van der Waals surface area contributed by atoms with E-state index >= 15 is 0 Å². The second-order valence-corrected chi connectivity index (χ2v) is 4.87. The third kappa shape index (κ3) is 2.94. The Kier molecular flexibility index (Phi) is 3.94. The molecule has 0 N–H and O–H groups in total. The van der Waals surface area contributed by atoms with E-state index < -0.39 is 0 Å². The lowest BCUT2D eigenvalue weighted by molar-refractivity contribution is 0.0891. The molecule has 0 amide bonds. The van der Waals surface area contributed by atoms with Gasteiger partial charge in [-0.2, -0.15) is 0 Å². The topological polar surface area (TPSA) is 38.2 Å². The van der Waals surface area contributed by atoms with Crippen molar-refractivity contribution in [1.29, 1.82) is 0 Å². The van der Waals surface area contributed by atoms with E-state index in [9.17, 15) is 0 Å². The normalized spacial score (nSPS) is 20.9. The SMILES string of the molecule is CO[C@H]1CCCN(c2ccnc(C(C)C)n2)C1. The fourth-order valence-electron chi connectivity index (χ4n) is 2.16. The Morgan fingerprint density at radius 1 is 1.47 bits per heavy atom. The largest absolute Gasteiger partial charge is 0.380 e. The van der Waals surface area contributed by atoms with Crippen LogP contribution in [-0.4, -0.2) is 36.3 Å². The van der Waals surface area contributed by atoms with Crippen LogP contribution in [-0.2, 0) is 4.74 Å². The highest BCUT2D eigenvalue weighted by Crippen LogP contribution is 2.20. The Labute approximate surface area is 103 Å². The fraction of sp³-hybridized carbons (Fsp3) is 0.692. The van der Waals surface area contributed by atoms with Crippen molar-refractivity contribution in [1.82, 2.24) is 9.97 Å². The second-order valence-electron chi connectivity index (χ2n) is 4.87. The molecule has 0 unspecified atom stereocenters. The highest BCUT2D eigenvalue weighted by molar-refractivity contribution is 5.38. The van der Waals surface area contributed by atoms with Gasteiger partial charge in [-0.25, -0.2) is 9.97 Å². The van der Waals surface area contributed by atoms with Gasteiger partial charge in [0.25, 0.3) is 0 Å². The summed E-state index contributed by atoms with van der Waals surface area (Å²) >= 11 is 0. The minimum absolute atomic E-state index is 0.334. The van der Waals surface area contributed by atoms with Crippen molar-refractivity contribution in [2.45, 2.75) is 38.7 Å². The molecule has 1 aliphatic rings. The number of aromatic nitrogens is 2. The number of ether oxygens (including phenoxy) is 1. The van der Waals surface area contributed by atoms with Gasteiger partial charge in [-0.1, -0.05) is 13.8 Å². The number of hydrogen-bond donors (Lipinski definition) is 0. The summed E-state index contributed by atoms with van der Waals surface area (Å²) in [4.78, 5) is 11.2. The van der Waals surface area contributed by atoms with Crippen LogP contribution in [0.2, 0.25) is 0 Å². The first-order valence-electron chi connectivity index (χ1n) is 6.31. The Morgan fingerprint density at radius 2 is 2.29 bits per heavy atom. The standard InChI is InChI=1S/C13H21N3O/c1-10(2)13-14-7-6-12(15-13)16-8-4-5-11(9-16)17-3/h6-7,10-11H,4-5,8-9H2,1-3H3/t11-/m0/s1. The maximum absolute atomic E-state index is 5.44. The van der Waals surface area contributed by atoms with Gasteiger partial charge in [0.15, 0.2) is 0 Å². The zero-order valence-electron chi connectivity index (χ0n) is 10.9. The summed E-state index contributed by atoms with van der Waals surface area (Å²) in [5, 5.41) is 0. The minimum Gasteiger partial charge on any atom is -0.380 e. The van der Waals surface area contributed by atoms with Gasteiger partial charge in [-0.05, 0) is 18.9 Å². The summed E-state index contributed by atoms with van der Waals surface area (Å²) in [6.45, 7) is 6.24. The molecule has 1 atom stereocenters. The molecule has 0 aromatic carbocycles. The molecule has 1 aromatic heterocycles. The first-order chi connectivity index (χ1) is 8.20. The Morgan fingerprint density at radius 3 is 3.00 bits per heavy atom. The van der Waals surface area contributed by atoms with Crippen molar-refractivity contribution in [2.75, 3.05) is 25.1 Å². The number of anilines is 1. The number of piperidine rings is 1. The lowest BCUT2D eigenvalue weighted by Crippen LogP contribution is -2.39. The summed E-state index contributed by atoms with van der Waals surface area (Å²) in [6.07, 6.45) is 4.50. The van der Waals surface area contributed by atoms with Gasteiger partial charge in [0.2, 0.25) is 0 Å². The average Bonchev–Trinajstić information content (AvgIpc) is 2.39. The van der Waals surface area contributed by atoms with Gasteiger partial charge in [0.1, 0.15) is 11.6 Å². The molecule has 0 bridgehead atoms. The Bertz CT molecular complexity index is 367. The number of methoxy groups -OCH3 is 1. The quantitative estimate of drug-likeness (QED) is 0.805. The minimum atomic E-state index is 0.334. The predicted octanol–water partition coefficient (Wildman–Crippen LogP) is 2.22. The monoisotopic (exact) mass is 235 g/mol. The van der Waals surface area contributed by atoms with Gasteiger partial charge >= 0.3 is 0 Å². The average molecular weight is 235 g/mol. The van der Waals surface area contributed by atoms with Crippen LogP contribution in [0.25, 0.3) is 0 Å². The van der Waals surface area contributed by atoms with E-state index in [2.05, 4.69) is 28.7 Å². The summed E-state index contributed by atoms with van der Waals surface area (Å²) in [5.74, 6) is 2.32. The molecular formula is C13H21N3O. The van der Waals surface area contributed by atoms with Crippen molar-refractivity contribution in [3.05, 3.63) is 18.1 Å². The molecule has 2 rings (SSSR count). The molecule has 0 radical (unpaired) electrons. The van der Waals surface area contributed by atoms with E-state index in [1.54, 1.807) is 7.11 Å². The third-order valence-electron chi connectivity index (χ3n) is 3.21. The van der Waals surface area contributed by atoms with Gasteiger partial charge in [-0.3, -0.25) is 0 Å². The van der Waals surface area contributed by atoms with Crippen LogP contribution in [0, 0.1) is 0 Å². The van der Waals surface area contributed by atoms with Crippen molar-refractivity contribution in [2.24, 2.45) is 0 Å². The number of hydrogen-bond acceptors (Lipinski definition) is 4. The summed E-state index contributed by atoms with van der Waals surface area (Å²) in [7, 11) is 1.79. The van der Waals surface area contributed by atoms with E-state index in [4.69, 9.17) is 4.74 Å². The first-order valence-corrected chi connectivity index (χ1v) is 6.31. The van der Waals surface area contributed by atoms with E-state index in [1.807, 2.05) is 12.3 Å². The van der Waals surface area contributed by atoms with Crippen LogP contribution in [0.3, 0.4) is 0 Å². The molecule has 1 fully saturated rings. The molecule has 4 heteroatoms. The van der Waals surface area contributed by atoms with E-state index in [-0.39, 0.29) is 0 Å². The maximum atomic E-state index is 5.44. The van der Waals surface area contributed by atoms with Crippen LogP contribution >= 0.6 is 0 Å². The van der Waals surface area contributed by atoms with Crippen LogP contribution in [0.5, 0.6) is 0 Å². The van der Waals surface area contributed by atoms with Crippen molar-refractivity contribution >= 4 is 5.82 Å². The van der Waals surface area contributed by atoms with E-state index in [1.165, 1.54) is 6.42 Å². The Balaban J connectivity index is 2.13. The molecule has 17 heavy (non-hydrogen) atoms. The van der Waals surface area contributed by atoms with Crippen molar-refractivity contribution in [3.63, 3.8) is 0 Å². The molecule has 1 aromatic rings. The number of nitrogens with zero attached hydrogens (tertiary/aromatic N) is 3. The maximum Gasteiger partial charge on any atom is 0.133 e. The molecule has 1 aliphatic heterocycles. The van der Waals surface area contributed by atoms with Crippen LogP contribution < -0.4 is 4.90 Å². The summed E-state index contributed by atoms with van der Waals surface area (Å²) < 4.78 is 5.44. The molecule has 0 spiro atoms. The molecular weight excluding hydrogens is 214 g/mol. The van der Waals surface area contributed by atoms with Gasteiger partial charge in [-0.15, -0.1) is 0 Å². The second kappa shape index (κ2) is 5.45. The van der Waals surface area contributed by atoms with Crippen LogP contribution in [0.4, 0.5) is 5.82 Å². The Hall–Kier alpha value is -1.16. The third-order valence-corrected chi connectivity index (χ3v) is 3.21. The lowest BCUT2D eigenvalue weighted by Gasteiger charge is -2.32. The first kappa shape index (κ1) is 12.3. The smallest absolute Gasteiger partial charge is 0.133 e. The summed E-state index contributed by atoms with van der Waals surface area (Å²) in [5.41, 5.74) is 0. The van der Waals surface area contributed by atoms with Crippen molar-refractivity contribution in [3.8, 4) is 0 Å².